The third kappa shape index (κ3) is 5.61. The number of sulfonamides is 1. The number of hydrogen-bond acceptors (Lipinski definition) is 4. The van der Waals surface area contributed by atoms with Crippen molar-refractivity contribution in [2.24, 2.45) is 5.41 Å². The van der Waals surface area contributed by atoms with Crippen LogP contribution >= 0.6 is 11.6 Å². The van der Waals surface area contributed by atoms with Crippen molar-refractivity contribution in [2.45, 2.75) is 51.2 Å². The van der Waals surface area contributed by atoms with Gasteiger partial charge in [0.05, 0.1) is 10.6 Å². The summed E-state index contributed by atoms with van der Waals surface area (Å²) in [7, 11) is -3.36. The largest absolute Gasteiger partial charge is 0.416 e. The van der Waals surface area contributed by atoms with Crippen LogP contribution in [0.1, 0.15) is 40.2 Å². The monoisotopic (exact) mass is 457 g/mol. The molecular weight excluding hydrogens is 435 g/mol. The summed E-state index contributed by atoms with van der Waals surface area (Å²) >= 11 is 5.78. The van der Waals surface area contributed by atoms with Crippen molar-refractivity contribution in [1.82, 2.24) is 15.2 Å². The molecule has 2 N–H and O–H groups in total. The Balaban J connectivity index is 3.15. The van der Waals surface area contributed by atoms with Gasteiger partial charge < -0.3 is 0 Å². The zero-order valence-electron chi connectivity index (χ0n) is 16.7. The van der Waals surface area contributed by atoms with Crippen molar-refractivity contribution < 1.29 is 31.2 Å². The number of hydrazine groups is 1. The number of halogens is 4. The second-order valence-electron chi connectivity index (χ2n) is 7.83. The van der Waals surface area contributed by atoms with Gasteiger partial charge in [0.2, 0.25) is 15.9 Å². The molecule has 29 heavy (non-hydrogen) atoms. The van der Waals surface area contributed by atoms with Crippen LogP contribution in [0.2, 0.25) is 5.02 Å². The molecule has 0 aliphatic carbocycles. The van der Waals surface area contributed by atoms with Crippen LogP contribution in [0.3, 0.4) is 0 Å². The summed E-state index contributed by atoms with van der Waals surface area (Å²) in [5.41, 5.74) is 0.730. The number of nitrogens with zero attached hydrogens (tertiary/aromatic N) is 1. The maximum Gasteiger partial charge on any atom is 0.416 e. The first-order valence-corrected chi connectivity index (χ1v) is 10.1. The molecule has 164 valence electrons. The molecule has 1 aromatic rings. The van der Waals surface area contributed by atoms with Crippen molar-refractivity contribution in [3.63, 3.8) is 0 Å². The van der Waals surface area contributed by atoms with Gasteiger partial charge in [0.25, 0.3) is 5.91 Å². The molecule has 0 atom stereocenters. The van der Waals surface area contributed by atoms with E-state index in [-0.39, 0.29) is 0 Å². The van der Waals surface area contributed by atoms with Gasteiger partial charge in [0, 0.05) is 12.5 Å². The van der Waals surface area contributed by atoms with E-state index in [1.54, 1.807) is 20.8 Å². The first kappa shape index (κ1) is 25.2. The highest BCUT2D eigenvalue weighted by Gasteiger charge is 2.42. The highest BCUT2D eigenvalue weighted by Crippen LogP contribution is 2.35. The normalized spacial score (nSPS) is 13.3. The van der Waals surface area contributed by atoms with E-state index in [2.05, 4.69) is 10.9 Å². The van der Waals surface area contributed by atoms with Gasteiger partial charge in [0.1, 0.15) is 10.4 Å². The van der Waals surface area contributed by atoms with Gasteiger partial charge in [-0.05, 0) is 32.0 Å². The van der Waals surface area contributed by atoms with Gasteiger partial charge in [-0.25, -0.2) is 8.42 Å². The average molecular weight is 458 g/mol. The Kier molecular flexibility index (Phi) is 7.05. The predicted molar refractivity (Wildman–Crippen MR) is 101 cm³/mol. The molecule has 0 unspecified atom stereocenters. The minimum Gasteiger partial charge on any atom is -0.273 e. The number of rotatable bonds is 4. The number of amides is 2. The number of nitrogens with one attached hydrogen (secondary N) is 2. The molecule has 1 aromatic carbocycles. The molecule has 0 saturated heterocycles. The lowest BCUT2D eigenvalue weighted by molar-refractivity contribution is -0.137. The molecular formula is C17H23ClF3N3O4S. The van der Waals surface area contributed by atoms with E-state index in [1.807, 2.05) is 0 Å². The average Bonchev–Trinajstić information content (AvgIpc) is 2.56. The van der Waals surface area contributed by atoms with E-state index in [0.717, 1.165) is 13.1 Å². The lowest BCUT2D eigenvalue weighted by Gasteiger charge is -2.33. The van der Waals surface area contributed by atoms with E-state index >= 15 is 0 Å². The first-order valence-electron chi connectivity index (χ1n) is 8.29. The van der Waals surface area contributed by atoms with E-state index in [1.165, 1.54) is 13.8 Å². The van der Waals surface area contributed by atoms with Gasteiger partial charge in [-0.15, -0.1) is 0 Å². The molecule has 0 radical (unpaired) electrons. The second kappa shape index (κ2) is 8.11. The van der Waals surface area contributed by atoms with Gasteiger partial charge >= 0.3 is 6.18 Å². The summed E-state index contributed by atoms with van der Waals surface area (Å²) in [6, 6.07) is 1.81. The van der Waals surface area contributed by atoms with E-state index < -0.39 is 54.4 Å². The number of hydrogen-bond donors (Lipinski definition) is 2. The maximum absolute atomic E-state index is 12.9. The fourth-order valence-corrected chi connectivity index (χ4v) is 3.93. The Morgan fingerprint density at radius 1 is 1.00 bits per heavy atom. The van der Waals surface area contributed by atoms with Crippen LogP contribution in [-0.4, -0.2) is 37.1 Å². The van der Waals surface area contributed by atoms with Crippen LogP contribution in [0.5, 0.6) is 0 Å². The molecule has 0 saturated carbocycles. The van der Waals surface area contributed by atoms with Crippen molar-refractivity contribution in [1.29, 1.82) is 0 Å². The standard InChI is InChI=1S/C17H23ClF3N3O4S/c1-15(2,3)13(25)22-23-14(26)16(4,5)24(6)29(27,28)12-8-7-10(9-11(12)18)17(19,20)21/h7-9H,1-6H3,(H,22,25)(H,23,26). The summed E-state index contributed by atoms with van der Waals surface area (Å²) in [5, 5.41) is -0.635. The molecule has 0 aromatic heterocycles. The van der Waals surface area contributed by atoms with Crippen molar-refractivity contribution >= 4 is 33.4 Å². The smallest absolute Gasteiger partial charge is 0.273 e. The minimum absolute atomic E-state index is 0.499. The number of benzene rings is 1. The number of carbonyl (C=O) groups excluding carboxylic acids is 2. The molecule has 0 fully saturated rings. The van der Waals surface area contributed by atoms with Crippen molar-refractivity contribution in [3.05, 3.63) is 28.8 Å². The molecule has 0 aliphatic heterocycles. The summed E-state index contributed by atoms with van der Waals surface area (Å²) in [5.74, 6) is -1.36. The van der Waals surface area contributed by atoms with E-state index in [9.17, 15) is 31.2 Å². The predicted octanol–water partition coefficient (Wildman–Crippen LogP) is 2.95. The Labute approximate surface area is 172 Å². The Morgan fingerprint density at radius 2 is 1.48 bits per heavy atom. The van der Waals surface area contributed by atoms with Crippen LogP contribution in [0.15, 0.2) is 23.1 Å². The number of alkyl halides is 3. The minimum atomic E-state index is -4.69. The molecule has 0 heterocycles. The van der Waals surface area contributed by atoms with Crippen molar-refractivity contribution in [3.8, 4) is 0 Å². The number of likely N-dealkylation sites (N-methyl/N-ethyl adjacent to an activating group) is 1. The van der Waals surface area contributed by atoms with Crippen LogP contribution < -0.4 is 10.9 Å². The van der Waals surface area contributed by atoms with E-state index in [4.69, 9.17) is 11.6 Å². The Morgan fingerprint density at radius 3 is 1.90 bits per heavy atom. The number of carbonyl (C=O) groups is 2. The van der Waals surface area contributed by atoms with E-state index in [0.29, 0.717) is 16.4 Å². The zero-order chi connectivity index (χ0) is 23.0. The van der Waals surface area contributed by atoms with Gasteiger partial charge in [-0.1, -0.05) is 32.4 Å². The summed E-state index contributed by atoms with van der Waals surface area (Å²) in [4.78, 5) is 23.8. The SMILES string of the molecule is CN(C(C)(C)C(=O)NNC(=O)C(C)(C)C)S(=O)(=O)c1ccc(C(F)(F)F)cc1Cl. The third-order valence-corrected chi connectivity index (χ3v) is 6.73. The fraction of sp³-hybridized carbons (Fsp3) is 0.529. The fourth-order valence-electron chi connectivity index (χ4n) is 1.93. The molecule has 2 amide bonds. The van der Waals surface area contributed by atoms with Gasteiger partial charge in [0.15, 0.2) is 0 Å². The summed E-state index contributed by atoms with van der Waals surface area (Å²) in [6.07, 6.45) is -4.69. The Bertz CT molecular complexity index is 909. The van der Waals surface area contributed by atoms with Crippen LogP contribution in [0.4, 0.5) is 13.2 Å². The first-order chi connectivity index (χ1) is 12.8. The topological polar surface area (TPSA) is 95.6 Å². The summed E-state index contributed by atoms with van der Waals surface area (Å²) in [6.45, 7) is 7.37. The molecule has 0 bridgehead atoms. The third-order valence-electron chi connectivity index (χ3n) is 4.21. The van der Waals surface area contributed by atoms with Gasteiger partial charge in [-0.2, -0.15) is 17.5 Å². The molecule has 0 spiro atoms. The lowest BCUT2D eigenvalue weighted by atomic mass is 9.96. The maximum atomic E-state index is 12.9. The second-order valence-corrected chi connectivity index (χ2v) is 10.2. The summed E-state index contributed by atoms with van der Waals surface area (Å²) < 4.78 is 64.7. The molecule has 12 heteroatoms. The molecule has 1 rings (SSSR count). The Hall–Kier alpha value is -1.85. The van der Waals surface area contributed by atoms with Crippen molar-refractivity contribution in [2.75, 3.05) is 7.05 Å². The van der Waals surface area contributed by atoms with Crippen LogP contribution in [0.25, 0.3) is 0 Å². The zero-order valence-corrected chi connectivity index (χ0v) is 18.3. The van der Waals surface area contributed by atoms with Crippen LogP contribution in [-0.2, 0) is 25.8 Å². The highest BCUT2D eigenvalue weighted by atomic mass is 35.5. The molecule has 7 nitrogen and oxygen atoms in total. The highest BCUT2D eigenvalue weighted by molar-refractivity contribution is 7.89. The lowest BCUT2D eigenvalue weighted by Crippen LogP contribution is -2.59. The quantitative estimate of drug-likeness (QED) is 0.679. The van der Waals surface area contributed by atoms with Gasteiger partial charge in [-0.3, -0.25) is 20.4 Å². The molecule has 0 aliphatic rings. The van der Waals surface area contributed by atoms with Crippen LogP contribution in [0, 0.1) is 5.41 Å².